The standard InChI is InChI=1S/C11H12BrNO3S/c12-9-3-2-8(17-9)6-13-5-7(11(15)16)1-4-10(13)14/h2-3,7H,1,4-6H2,(H,15,16). The van der Waals surface area contributed by atoms with E-state index in [0.29, 0.717) is 25.9 Å². The summed E-state index contributed by atoms with van der Waals surface area (Å²) in [4.78, 5) is 25.3. The van der Waals surface area contributed by atoms with Crippen LogP contribution in [0.3, 0.4) is 0 Å². The van der Waals surface area contributed by atoms with E-state index in [2.05, 4.69) is 15.9 Å². The van der Waals surface area contributed by atoms with Gasteiger partial charge in [-0.3, -0.25) is 9.59 Å². The summed E-state index contributed by atoms with van der Waals surface area (Å²) in [6.45, 7) is 0.836. The summed E-state index contributed by atoms with van der Waals surface area (Å²) in [7, 11) is 0. The maximum absolute atomic E-state index is 11.7. The number of aliphatic carboxylic acids is 1. The van der Waals surface area contributed by atoms with Gasteiger partial charge in [0.15, 0.2) is 0 Å². The molecule has 6 heteroatoms. The molecule has 1 saturated heterocycles. The molecule has 1 unspecified atom stereocenters. The van der Waals surface area contributed by atoms with Crippen LogP contribution in [-0.4, -0.2) is 28.4 Å². The Labute approximate surface area is 111 Å². The third kappa shape index (κ3) is 3.07. The van der Waals surface area contributed by atoms with E-state index in [1.54, 1.807) is 16.2 Å². The van der Waals surface area contributed by atoms with Gasteiger partial charge in [-0.05, 0) is 34.5 Å². The number of halogens is 1. The molecule has 1 atom stereocenters. The average molecular weight is 318 g/mol. The summed E-state index contributed by atoms with van der Waals surface area (Å²) < 4.78 is 1.02. The van der Waals surface area contributed by atoms with Gasteiger partial charge >= 0.3 is 5.97 Å². The fraction of sp³-hybridized carbons (Fsp3) is 0.455. The van der Waals surface area contributed by atoms with Crippen LogP contribution in [0.15, 0.2) is 15.9 Å². The number of carbonyl (C=O) groups excluding carboxylic acids is 1. The van der Waals surface area contributed by atoms with E-state index >= 15 is 0 Å². The topological polar surface area (TPSA) is 57.6 Å². The highest BCUT2D eigenvalue weighted by atomic mass is 79.9. The number of nitrogens with zero attached hydrogens (tertiary/aromatic N) is 1. The van der Waals surface area contributed by atoms with E-state index in [9.17, 15) is 9.59 Å². The number of likely N-dealkylation sites (tertiary alicyclic amines) is 1. The molecule has 1 aliphatic heterocycles. The summed E-state index contributed by atoms with van der Waals surface area (Å²) >= 11 is 4.94. The van der Waals surface area contributed by atoms with Crippen LogP contribution >= 0.6 is 27.3 Å². The molecule has 2 heterocycles. The van der Waals surface area contributed by atoms with Gasteiger partial charge in [0.1, 0.15) is 0 Å². The SMILES string of the molecule is O=C(O)C1CCC(=O)N(Cc2ccc(Br)s2)C1. The highest BCUT2D eigenvalue weighted by Gasteiger charge is 2.30. The van der Waals surface area contributed by atoms with E-state index in [1.165, 1.54) is 0 Å². The number of hydrogen-bond donors (Lipinski definition) is 1. The molecule has 0 spiro atoms. The summed E-state index contributed by atoms with van der Waals surface area (Å²) in [6, 6.07) is 3.88. The van der Waals surface area contributed by atoms with Crippen molar-refractivity contribution >= 4 is 39.1 Å². The molecule has 0 radical (unpaired) electrons. The van der Waals surface area contributed by atoms with Gasteiger partial charge in [0.25, 0.3) is 0 Å². The van der Waals surface area contributed by atoms with E-state index < -0.39 is 11.9 Å². The molecule has 1 aliphatic rings. The first-order chi connectivity index (χ1) is 8.06. The van der Waals surface area contributed by atoms with Crippen LogP contribution < -0.4 is 0 Å². The molecule has 0 aromatic carbocycles. The van der Waals surface area contributed by atoms with Crippen molar-refractivity contribution in [2.45, 2.75) is 19.4 Å². The predicted molar refractivity (Wildman–Crippen MR) is 67.8 cm³/mol. The lowest BCUT2D eigenvalue weighted by atomic mass is 9.98. The molecule has 1 aromatic rings. The van der Waals surface area contributed by atoms with Crippen molar-refractivity contribution in [2.24, 2.45) is 5.92 Å². The number of thiophene rings is 1. The number of carboxylic acids is 1. The highest BCUT2D eigenvalue weighted by Crippen LogP contribution is 2.26. The predicted octanol–water partition coefficient (Wildman–Crippen LogP) is 2.33. The van der Waals surface area contributed by atoms with Crippen LogP contribution in [0.2, 0.25) is 0 Å². The van der Waals surface area contributed by atoms with Crippen LogP contribution in [0, 0.1) is 5.92 Å². The minimum atomic E-state index is -0.810. The Bertz CT molecular complexity index is 446. The molecule has 2 rings (SSSR count). The molecule has 0 aliphatic carbocycles. The fourth-order valence-electron chi connectivity index (χ4n) is 1.89. The molecule has 4 nitrogen and oxygen atoms in total. The summed E-state index contributed by atoms with van der Waals surface area (Å²) in [5.41, 5.74) is 0. The minimum absolute atomic E-state index is 0.0482. The van der Waals surface area contributed by atoms with Gasteiger partial charge in [0, 0.05) is 17.8 Å². The van der Waals surface area contributed by atoms with E-state index in [-0.39, 0.29) is 5.91 Å². The Morgan fingerprint density at radius 3 is 2.94 bits per heavy atom. The molecule has 92 valence electrons. The van der Waals surface area contributed by atoms with Crippen molar-refractivity contribution in [1.29, 1.82) is 0 Å². The van der Waals surface area contributed by atoms with Crippen molar-refractivity contribution < 1.29 is 14.7 Å². The van der Waals surface area contributed by atoms with Crippen molar-refractivity contribution in [2.75, 3.05) is 6.54 Å². The zero-order valence-corrected chi connectivity index (χ0v) is 11.5. The molecular formula is C11H12BrNO3S. The second-order valence-electron chi connectivity index (χ2n) is 4.05. The zero-order valence-electron chi connectivity index (χ0n) is 9.06. The van der Waals surface area contributed by atoms with Crippen LogP contribution in [0.1, 0.15) is 17.7 Å². The van der Waals surface area contributed by atoms with E-state index in [1.807, 2.05) is 12.1 Å². The number of carbonyl (C=O) groups is 2. The molecular weight excluding hydrogens is 306 g/mol. The Balaban J connectivity index is 2.03. The van der Waals surface area contributed by atoms with Crippen molar-refractivity contribution in [1.82, 2.24) is 4.90 Å². The lowest BCUT2D eigenvalue weighted by Crippen LogP contribution is -2.41. The molecule has 0 saturated carbocycles. The highest BCUT2D eigenvalue weighted by molar-refractivity contribution is 9.11. The number of hydrogen-bond acceptors (Lipinski definition) is 3. The molecule has 1 N–H and O–H groups in total. The van der Waals surface area contributed by atoms with Crippen molar-refractivity contribution in [3.8, 4) is 0 Å². The van der Waals surface area contributed by atoms with E-state index in [4.69, 9.17) is 5.11 Å². The summed E-state index contributed by atoms with van der Waals surface area (Å²) in [5.74, 6) is -1.18. The Morgan fingerprint density at radius 2 is 2.35 bits per heavy atom. The summed E-state index contributed by atoms with van der Waals surface area (Å²) in [6.07, 6.45) is 0.794. The van der Waals surface area contributed by atoms with Gasteiger partial charge < -0.3 is 10.0 Å². The second-order valence-corrected chi connectivity index (χ2v) is 6.60. The molecule has 17 heavy (non-hydrogen) atoms. The monoisotopic (exact) mass is 317 g/mol. The molecule has 1 amide bonds. The smallest absolute Gasteiger partial charge is 0.308 e. The van der Waals surface area contributed by atoms with Gasteiger partial charge in [-0.1, -0.05) is 0 Å². The molecule has 1 fully saturated rings. The first kappa shape index (κ1) is 12.6. The lowest BCUT2D eigenvalue weighted by molar-refractivity contribution is -0.147. The quantitative estimate of drug-likeness (QED) is 0.930. The average Bonchev–Trinajstić information content (AvgIpc) is 2.67. The Hall–Kier alpha value is -0.880. The Kier molecular flexibility index (Phi) is 3.83. The third-order valence-electron chi connectivity index (χ3n) is 2.82. The van der Waals surface area contributed by atoms with Gasteiger partial charge in [-0.15, -0.1) is 11.3 Å². The first-order valence-corrected chi connectivity index (χ1v) is 6.92. The maximum Gasteiger partial charge on any atom is 0.308 e. The molecule has 0 bridgehead atoms. The van der Waals surface area contributed by atoms with Crippen LogP contribution in [0.5, 0.6) is 0 Å². The van der Waals surface area contributed by atoms with Gasteiger partial charge in [-0.25, -0.2) is 0 Å². The van der Waals surface area contributed by atoms with Crippen LogP contribution in [0.25, 0.3) is 0 Å². The minimum Gasteiger partial charge on any atom is -0.481 e. The normalized spacial score (nSPS) is 20.6. The lowest BCUT2D eigenvalue weighted by Gasteiger charge is -2.30. The van der Waals surface area contributed by atoms with Crippen molar-refractivity contribution in [3.05, 3.63) is 20.8 Å². The number of piperidine rings is 1. The molecule has 1 aromatic heterocycles. The zero-order chi connectivity index (χ0) is 12.4. The summed E-state index contributed by atoms with van der Waals surface area (Å²) in [5, 5.41) is 8.97. The second kappa shape index (κ2) is 5.18. The van der Waals surface area contributed by atoms with Crippen LogP contribution in [0.4, 0.5) is 0 Å². The number of rotatable bonds is 3. The van der Waals surface area contributed by atoms with Crippen molar-refractivity contribution in [3.63, 3.8) is 0 Å². The third-order valence-corrected chi connectivity index (χ3v) is 4.43. The fourth-order valence-corrected chi connectivity index (χ4v) is 3.39. The maximum atomic E-state index is 11.7. The number of carboxylic acid groups (broad SMARTS) is 1. The van der Waals surface area contributed by atoms with E-state index in [0.717, 1.165) is 8.66 Å². The Morgan fingerprint density at radius 1 is 1.59 bits per heavy atom. The number of amides is 1. The first-order valence-electron chi connectivity index (χ1n) is 5.31. The van der Waals surface area contributed by atoms with Gasteiger partial charge in [0.2, 0.25) is 5.91 Å². The van der Waals surface area contributed by atoms with Crippen LogP contribution in [-0.2, 0) is 16.1 Å². The largest absolute Gasteiger partial charge is 0.481 e. The van der Waals surface area contributed by atoms with Gasteiger partial charge in [0.05, 0.1) is 16.2 Å². The van der Waals surface area contributed by atoms with Gasteiger partial charge in [-0.2, -0.15) is 0 Å².